The molecule has 0 spiro atoms. The number of amides is 1. The summed E-state index contributed by atoms with van der Waals surface area (Å²) < 4.78 is 12.4. The summed E-state index contributed by atoms with van der Waals surface area (Å²) in [5.74, 6) is 0.552. The van der Waals surface area contributed by atoms with Gasteiger partial charge in [0.1, 0.15) is 12.4 Å². The number of carbonyl (C=O) groups is 1. The number of rotatable bonds is 8. The highest BCUT2D eigenvalue weighted by atomic mass is 16.5. The second-order valence-corrected chi connectivity index (χ2v) is 4.87. The number of ether oxygens (including phenoxy) is 2. The predicted octanol–water partition coefficient (Wildman–Crippen LogP) is 1.42. The van der Waals surface area contributed by atoms with E-state index in [0.717, 1.165) is 12.1 Å². The average Bonchev–Trinajstić information content (AvgIpc) is 2.93. The molecule has 0 aliphatic heterocycles. The largest absolute Gasteiger partial charge is 0.491 e. The van der Waals surface area contributed by atoms with E-state index in [0.29, 0.717) is 31.1 Å². The minimum Gasteiger partial charge on any atom is -0.491 e. The van der Waals surface area contributed by atoms with E-state index in [4.69, 9.17) is 9.47 Å². The fraction of sp³-hybridized carbons (Fsp3) is 0.375. The van der Waals surface area contributed by atoms with Gasteiger partial charge < -0.3 is 19.4 Å². The van der Waals surface area contributed by atoms with Crippen molar-refractivity contribution in [2.24, 2.45) is 7.05 Å². The van der Waals surface area contributed by atoms with Crippen LogP contribution in [0.2, 0.25) is 0 Å². The van der Waals surface area contributed by atoms with Gasteiger partial charge in [0.15, 0.2) is 0 Å². The van der Waals surface area contributed by atoms with Crippen molar-refractivity contribution in [2.75, 3.05) is 26.9 Å². The van der Waals surface area contributed by atoms with Crippen LogP contribution in [0.15, 0.2) is 36.8 Å². The first-order valence-corrected chi connectivity index (χ1v) is 7.16. The van der Waals surface area contributed by atoms with Crippen molar-refractivity contribution in [3.63, 3.8) is 0 Å². The van der Waals surface area contributed by atoms with Gasteiger partial charge in [0.2, 0.25) is 0 Å². The van der Waals surface area contributed by atoms with Crippen molar-refractivity contribution in [2.45, 2.75) is 6.42 Å². The number of hydrogen-bond donors (Lipinski definition) is 1. The van der Waals surface area contributed by atoms with Crippen LogP contribution in [0.25, 0.3) is 0 Å². The molecule has 1 amide bonds. The molecule has 1 aromatic carbocycles. The van der Waals surface area contributed by atoms with E-state index in [1.54, 1.807) is 37.8 Å². The van der Waals surface area contributed by atoms with Crippen LogP contribution in [0.3, 0.4) is 0 Å². The monoisotopic (exact) mass is 303 g/mol. The molecule has 6 nitrogen and oxygen atoms in total. The Morgan fingerprint density at radius 2 is 2.23 bits per heavy atom. The Morgan fingerprint density at radius 3 is 2.95 bits per heavy atom. The minimum atomic E-state index is -0.112. The first-order chi connectivity index (χ1) is 10.7. The van der Waals surface area contributed by atoms with Crippen molar-refractivity contribution >= 4 is 5.91 Å². The lowest BCUT2D eigenvalue weighted by atomic mass is 10.2. The van der Waals surface area contributed by atoms with Crippen LogP contribution < -0.4 is 10.1 Å². The standard InChI is InChI=1S/C16H21N3O3/c1-19-12-17-11-14(19)6-7-18-16(20)13-4-3-5-15(10-13)22-9-8-21-2/h3-5,10-12H,6-9H2,1-2H3,(H,18,20). The van der Waals surface area contributed by atoms with Gasteiger partial charge in [-0.15, -0.1) is 0 Å². The highest BCUT2D eigenvalue weighted by Crippen LogP contribution is 2.13. The van der Waals surface area contributed by atoms with Crippen LogP contribution in [0.4, 0.5) is 0 Å². The average molecular weight is 303 g/mol. The number of imidazole rings is 1. The molecule has 0 aliphatic carbocycles. The van der Waals surface area contributed by atoms with Crippen LogP contribution in [-0.4, -0.2) is 42.3 Å². The molecule has 118 valence electrons. The fourth-order valence-corrected chi connectivity index (χ4v) is 2.00. The number of nitrogens with one attached hydrogen (secondary N) is 1. The molecule has 1 aromatic heterocycles. The number of hydrogen-bond acceptors (Lipinski definition) is 4. The van der Waals surface area contributed by atoms with Crippen LogP contribution in [0.5, 0.6) is 5.75 Å². The highest BCUT2D eigenvalue weighted by Gasteiger charge is 2.07. The van der Waals surface area contributed by atoms with Gasteiger partial charge in [-0.3, -0.25) is 4.79 Å². The third-order valence-electron chi connectivity index (χ3n) is 3.24. The molecular formula is C16H21N3O3. The SMILES string of the molecule is COCCOc1cccc(C(=O)NCCc2cncn2C)c1. The third kappa shape index (κ3) is 4.60. The molecule has 2 rings (SSSR count). The zero-order chi connectivity index (χ0) is 15.8. The lowest BCUT2D eigenvalue weighted by Crippen LogP contribution is -2.26. The van der Waals surface area contributed by atoms with Crippen molar-refractivity contribution in [1.29, 1.82) is 0 Å². The van der Waals surface area contributed by atoms with Gasteiger partial charge in [0.05, 0.1) is 12.9 Å². The quantitative estimate of drug-likeness (QED) is 0.749. The smallest absolute Gasteiger partial charge is 0.251 e. The van der Waals surface area contributed by atoms with Crippen LogP contribution in [-0.2, 0) is 18.2 Å². The number of aromatic nitrogens is 2. The van der Waals surface area contributed by atoms with Crippen molar-refractivity contribution in [3.05, 3.63) is 48.0 Å². The zero-order valence-electron chi connectivity index (χ0n) is 12.9. The maximum absolute atomic E-state index is 12.1. The minimum absolute atomic E-state index is 0.112. The summed E-state index contributed by atoms with van der Waals surface area (Å²) >= 11 is 0. The molecule has 0 saturated carbocycles. The Bertz CT molecular complexity index is 610. The van der Waals surface area contributed by atoms with Crippen molar-refractivity contribution in [3.8, 4) is 5.75 Å². The number of methoxy groups -OCH3 is 1. The lowest BCUT2D eigenvalue weighted by Gasteiger charge is -2.08. The van der Waals surface area contributed by atoms with Gasteiger partial charge in [-0.1, -0.05) is 6.07 Å². The summed E-state index contributed by atoms with van der Waals surface area (Å²) in [4.78, 5) is 16.2. The summed E-state index contributed by atoms with van der Waals surface area (Å²) in [5.41, 5.74) is 1.66. The van der Waals surface area contributed by atoms with Gasteiger partial charge in [0.25, 0.3) is 5.91 Å². The van der Waals surface area contributed by atoms with E-state index >= 15 is 0 Å². The molecule has 0 fully saturated rings. The van der Waals surface area contributed by atoms with Gasteiger partial charge in [-0.25, -0.2) is 4.98 Å². The molecule has 0 bridgehead atoms. The Hall–Kier alpha value is -2.34. The summed E-state index contributed by atoms with van der Waals surface area (Å²) in [5, 5.41) is 2.90. The first kappa shape index (κ1) is 16.0. The molecule has 6 heteroatoms. The van der Waals surface area contributed by atoms with Gasteiger partial charge in [0, 0.05) is 44.6 Å². The number of carbonyl (C=O) groups excluding carboxylic acids is 1. The Kier molecular flexibility index (Phi) is 5.97. The maximum Gasteiger partial charge on any atom is 0.251 e. The summed E-state index contributed by atoms with van der Waals surface area (Å²) in [6, 6.07) is 7.12. The van der Waals surface area contributed by atoms with Crippen molar-refractivity contribution in [1.82, 2.24) is 14.9 Å². The van der Waals surface area contributed by atoms with Crippen LogP contribution >= 0.6 is 0 Å². The molecule has 0 unspecified atom stereocenters. The molecule has 1 N–H and O–H groups in total. The normalized spacial score (nSPS) is 10.5. The second-order valence-electron chi connectivity index (χ2n) is 4.87. The molecule has 0 atom stereocenters. The Balaban J connectivity index is 1.84. The molecule has 0 saturated heterocycles. The van der Waals surface area contributed by atoms with E-state index in [1.165, 1.54) is 0 Å². The molecular weight excluding hydrogens is 282 g/mol. The summed E-state index contributed by atoms with van der Waals surface area (Å²) in [7, 11) is 3.56. The molecule has 0 radical (unpaired) electrons. The maximum atomic E-state index is 12.1. The van der Waals surface area contributed by atoms with Crippen molar-refractivity contribution < 1.29 is 14.3 Å². The predicted molar refractivity (Wildman–Crippen MR) is 83.1 cm³/mol. The van der Waals surface area contributed by atoms with E-state index in [2.05, 4.69) is 10.3 Å². The Morgan fingerprint density at radius 1 is 1.36 bits per heavy atom. The summed E-state index contributed by atoms with van der Waals surface area (Å²) in [6.45, 7) is 1.54. The van der Waals surface area contributed by atoms with E-state index in [9.17, 15) is 4.79 Å². The number of nitrogens with zero attached hydrogens (tertiary/aromatic N) is 2. The van der Waals surface area contributed by atoms with Gasteiger partial charge in [-0.05, 0) is 18.2 Å². The van der Waals surface area contributed by atoms with Gasteiger partial charge in [-0.2, -0.15) is 0 Å². The lowest BCUT2D eigenvalue weighted by molar-refractivity contribution is 0.0953. The molecule has 1 heterocycles. The number of benzene rings is 1. The first-order valence-electron chi connectivity index (χ1n) is 7.16. The molecule has 22 heavy (non-hydrogen) atoms. The van der Waals surface area contributed by atoms with E-state index in [-0.39, 0.29) is 5.91 Å². The highest BCUT2D eigenvalue weighted by molar-refractivity contribution is 5.94. The van der Waals surface area contributed by atoms with E-state index < -0.39 is 0 Å². The van der Waals surface area contributed by atoms with E-state index in [1.807, 2.05) is 17.7 Å². The second kappa shape index (κ2) is 8.19. The van der Waals surface area contributed by atoms with Crippen LogP contribution in [0, 0.1) is 0 Å². The topological polar surface area (TPSA) is 65.4 Å². The third-order valence-corrected chi connectivity index (χ3v) is 3.24. The Labute approximate surface area is 130 Å². The summed E-state index contributed by atoms with van der Waals surface area (Å²) in [6.07, 6.45) is 4.29. The zero-order valence-corrected chi connectivity index (χ0v) is 12.9. The number of aryl methyl sites for hydroxylation is 1. The molecule has 2 aromatic rings. The van der Waals surface area contributed by atoms with Crippen LogP contribution in [0.1, 0.15) is 16.1 Å². The molecule has 0 aliphatic rings. The van der Waals surface area contributed by atoms with Gasteiger partial charge >= 0.3 is 0 Å². The fourth-order valence-electron chi connectivity index (χ4n) is 2.00.